The van der Waals surface area contributed by atoms with Crippen molar-refractivity contribution in [3.8, 4) is 5.75 Å². The van der Waals surface area contributed by atoms with Crippen LogP contribution in [0.15, 0.2) is 18.2 Å². The fourth-order valence-corrected chi connectivity index (χ4v) is 6.23. The molecular weight excluding hydrogens is 326 g/mol. The fourth-order valence-electron chi connectivity index (χ4n) is 6.23. The molecule has 0 radical (unpaired) electrons. The summed E-state index contributed by atoms with van der Waals surface area (Å²) in [6.45, 7) is 2.11. The average Bonchev–Trinajstić information content (AvgIpc) is 2.60. The summed E-state index contributed by atoms with van der Waals surface area (Å²) in [5, 5.41) is 12.0. The number of carbonyl (C=O) groups excluding carboxylic acids is 1. The van der Waals surface area contributed by atoms with Crippen molar-refractivity contribution in [3.05, 3.63) is 29.3 Å². The lowest BCUT2D eigenvalue weighted by atomic mass is 9.49. The second kappa shape index (κ2) is 5.80. The summed E-state index contributed by atoms with van der Waals surface area (Å²) in [5.74, 6) is 1.93. The number of nitrogens with zero attached hydrogens (tertiary/aromatic N) is 1. The Hall–Kier alpha value is -1.39. The number of ketones is 1. The lowest BCUT2D eigenvalue weighted by Gasteiger charge is -2.63. The maximum absolute atomic E-state index is 12.5. The van der Waals surface area contributed by atoms with Crippen LogP contribution in [0.5, 0.6) is 5.75 Å². The van der Waals surface area contributed by atoms with E-state index in [1.807, 2.05) is 6.07 Å². The van der Waals surface area contributed by atoms with Crippen LogP contribution in [0.25, 0.3) is 0 Å². The molecule has 4 heteroatoms. The van der Waals surface area contributed by atoms with Crippen LogP contribution in [-0.4, -0.2) is 47.6 Å². The van der Waals surface area contributed by atoms with Crippen molar-refractivity contribution in [2.24, 2.45) is 5.92 Å². The minimum atomic E-state index is -0.789. The Labute approximate surface area is 155 Å². The van der Waals surface area contributed by atoms with Crippen molar-refractivity contribution in [1.82, 2.24) is 4.90 Å². The zero-order valence-corrected chi connectivity index (χ0v) is 15.7. The molecule has 1 aliphatic heterocycles. The first kappa shape index (κ1) is 16.8. The number of hydrogen-bond donors (Lipinski definition) is 1. The Morgan fingerprint density at radius 1 is 1.31 bits per heavy atom. The van der Waals surface area contributed by atoms with Gasteiger partial charge < -0.3 is 9.84 Å². The molecule has 4 aliphatic rings. The number of benzene rings is 1. The highest BCUT2D eigenvalue weighted by Crippen LogP contribution is 2.58. The lowest BCUT2D eigenvalue weighted by molar-refractivity contribution is -0.174. The summed E-state index contributed by atoms with van der Waals surface area (Å²) < 4.78 is 5.47. The van der Waals surface area contributed by atoms with E-state index in [1.54, 1.807) is 7.11 Å². The molecule has 2 saturated carbocycles. The zero-order valence-electron chi connectivity index (χ0n) is 15.7. The molecule has 0 spiro atoms. The Bertz CT molecular complexity index is 743. The number of methoxy groups -OCH3 is 1. The van der Waals surface area contributed by atoms with Gasteiger partial charge in [-0.15, -0.1) is 0 Å². The van der Waals surface area contributed by atoms with Crippen molar-refractivity contribution in [2.45, 2.75) is 68.4 Å². The summed E-state index contributed by atoms with van der Waals surface area (Å²) in [6, 6.07) is 6.42. The molecule has 1 aromatic carbocycles. The molecule has 5 rings (SSSR count). The molecule has 1 heterocycles. The summed E-state index contributed by atoms with van der Waals surface area (Å²) >= 11 is 0. The van der Waals surface area contributed by atoms with Crippen LogP contribution in [0.3, 0.4) is 0 Å². The number of hydrogen-bond acceptors (Lipinski definition) is 4. The van der Waals surface area contributed by atoms with Gasteiger partial charge >= 0.3 is 0 Å². The first-order chi connectivity index (χ1) is 12.6. The van der Waals surface area contributed by atoms with Gasteiger partial charge in [0, 0.05) is 30.8 Å². The Balaban J connectivity index is 1.61. The van der Waals surface area contributed by atoms with Crippen molar-refractivity contribution < 1.29 is 14.6 Å². The van der Waals surface area contributed by atoms with Gasteiger partial charge in [0.2, 0.25) is 0 Å². The van der Waals surface area contributed by atoms with Gasteiger partial charge in [0.15, 0.2) is 0 Å². The van der Waals surface area contributed by atoms with E-state index >= 15 is 0 Å². The number of Topliss-reactive ketones (excluding diaryl/α,β-unsaturated/α-hetero) is 1. The van der Waals surface area contributed by atoms with E-state index in [-0.39, 0.29) is 6.04 Å². The van der Waals surface area contributed by atoms with Gasteiger partial charge in [0.05, 0.1) is 12.7 Å². The monoisotopic (exact) mass is 355 g/mol. The van der Waals surface area contributed by atoms with Crippen LogP contribution in [0, 0.1) is 5.92 Å². The molecule has 1 unspecified atom stereocenters. The molecule has 1 N–H and O–H groups in total. The Morgan fingerprint density at radius 3 is 2.88 bits per heavy atom. The van der Waals surface area contributed by atoms with E-state index in [1.165, 1.54) is 30.4 Å². The van der Waals surface area contributed by atoms with Gasteiger partial charge in [-0.25, -0.2) is 0 Å². The maximum atomic E-state index is 12.5. The van der Waals surface area contributed by atoms with E-state index < -0.39 is 11.0 Å². The van der Waals surface area contributed by atoms with Gasteiger partial charge in [-0.3, -0.25) is 9.69 Å². The van der Waals surface area contributed by atoms with E-state index in [4.69, 9.17) is 4.74 Å². The van der Waals surface area contributed by atoms with E-state index in [0.29, 0.717) is 25.0 Å². The van der Waals surface area contributed by atoms with Crippen molar-refractivity contribution in [3.63, 3.8) is 0 Å². The average molecular weight is 355 g/mol. The molecule has 0 amide bonds. The van der Waals surface area contributed by atoms with Crippen molar-refractivity contribution in [1.29, 1.82) is 0 Å². The molecule has 3 fully saturated rings. The van der Waals surface area contributed by atoms with E-state index in [2.05, 4.69) is 17.0 Å². The third kappa shape index (κ3) is 2.18. The molecule has 140 valence electrons. The number of ether oxygens (including phenoxy) is 1. The summed E-state index contributed by atoms with van der Waals surface area (Å²) in [7, 11) is 1.68. The number of fused-ring (bicyclic) bond motifs is 1. The van der Waals surface area contributed by atoms with Crippen molar-refractivity contribution in [2.75, 3.05) is 20.2 Å². The van der Waals surface area contributed by atoms with Crippen LogP contribution in [0.4, 0.5) is 0 Å². The molecule has 3 atom stereocenters. The lowest BCUT2D eigenvalue weighted by Crippen LogP contribution is -2.73. The number of aliphatic hydroxyl groups is 1. The molecule has 1 aromatic rings. The highest BCUT2D eigenvalue weighted by atomic mass is 16.5. The quantitative estimate of drug-likeness (QED) is 0.906. The summed E-state index contributed by atoms with van der Waals surface area (Å²) in [6.07, 6.45) is 7.39. The fraction of sp³-hybridized carbons (Fsp3) is 0.682. The van der Waals surface area contributed by atoms with Gasteiger partial charge in [-0.05, 0) is 67.8 Å². The normalized spacial score (nSPS) is 36.8. The van der Waals surface area contributed by atoms with Crippen LogP contribution in [-0.2, 0) is 16.6 Å². The first-order valence-electron chi connectivity index (χ1n) is 10.2. The first-order valence-corrected chi connectivity index (χ1v) is 10.2. The standard InChI is InChI=1S/C22H29NO3/c1-26-18-6-5-16-11-20-22(25)8-7-17(24)13-21(22,19(16)12-18)9-10-23(20)14-15-3-2-4-15/h5-6,12,15,20,25H,2-4,7-11,13-14H2,1H3/t20-,21-,22?/m1/s1. The number of likely N-dealkylation sites (tertiary alicyclic amines) is 1. The Morgan fingerprint density at radius 2 is 2.15 bits per heavy atom. The van der Waals surface area contributed by atoms with Crippen LogP contribution in [0.1, 0.15) is 56.1 Å². The smallest absolute Gasteiger partial charge is 0.134 e. The third-order valence-electron chi connectivity index (χ3n) is 7.89. The summed E-state index contributed by atoms with van der Waals surface area (Å²) in [5.41, 5.74) is 1.26. The minimum absolute atomic E-state index is 0.144. The Kier molecular flexibility index (Phi) is 3.74. The topological polar surface area (TPSA) is 49.8 Å². The number of carbonyl (C=O) groups is 1. The van der Waals surface area contributed by atoms with Gasteiger partial charge in [-0.2, -0.15) is 0 Å². The molecule has 3 aliphatic carbocycles. The molecule has 0 aromatic heterocycles. The predicted molar refractivity (Wildman–Crippen MR) is 99.5 cm³/mol. The second-order valence-corrected chi connectivity index (χ2v) is 9.01. The van der Waals surface area contributed by atoms with Crippen molar-refractivity contribution >= 4 is 5.78 Å². The summed E-state index contributed by atoms with van der Waals surface area (Å²) in [4.78, 5) is 15.0. The third-order valence-corrected chi connectivity index (χ3v) is 7.89. The van der Waals surface area contributed by atoms with E-state index in [9.17, 15) is 9.90 Å². The molecular formula is C22H29NO3. The van der Waals surface area contributed by atoms with Crippen LogP contribution >= 0.6 is 0 Å². The second-order valence-electron chi connectivity index (χ2n) is 9.01. The van der Waals surface area contributed by atoms with Crippen LogP contribution < -0.4 is 4.74 Å². The molecule has 2 bridgehead atoms. The molecule has 1 saturated heterocycles. The minimum Gasteiger partial charge on any atom is -0.497 e. The zero-order chi connectivity index (χ0) is 17.9. The highest BCUT2D eigenvalue weighted by molar-refractivity contribution is 5.82. The largest absolute Gasteiger partial charge is 0.497 e. The predicted octanol–water partition coefficient (Wildman–Crippen LogP) is 2.85. The van der Waals surface area contributed by atoms with Gasteiger partial charge in [0.25, 0.3) is 0 Å². The number of rotatable bonds is 3. The van der Waals surface area contributed by atoms with E-state index in [0.717, 1.165) is 37.6 Å². The van der Waals surface area contributed by atoms with Crippen LogP contribution in [0.2, 0.25) is 0 Å². The SMILES string of the molecule is COc1ccc2c(c1)[C@]13CCN(CC4CCC4)[C@H](C2)C1(O)CCC(=O)C3. The van der Waals surface area contributed by atoms with Gasteiger partial charge in [-0.1, -0.05) is 12.5 Å². The molecule has 4 nitrogen and oxygen atoms in total. The number of piperidine rings is 1. The van der Waals surface area contributed by atoms with Gasteiger partial charge in [0.1, 0.15) is 11.5 Å². The highest BCUT2D eigenvalue weighted by Gasteiger charge is 2.64. The maximum Gasteiger partial charge on any atom is 0.134 e. The molecule has 26 heavy (non-hydrogen) atoms.